The van der Waals surface area contributed by atoms with E-state index in [-0.39, 0.29) is 29.4 Å². The third kappa shape index (κ3) is 4.27. The highest BCUT2D eigenvalue weighted by Crippen LogP contribution is 2.20. The van der Waals surface area contributed by atoms with E-state index in [9.17, 15) is 14.7 Å². The van der Waals surface area contributed by atoms with Crippen molar-refractivity contribution in [3.05, 3.63) is 93.5 Å². The van der Waals surface area contributed by atoms with Crippen LogP contribution in [-0.2, 0) is 0 Å². The third-order valence-electron chi connectivity index (χ3n) is 5.44. The second-order valence-electron chi connectivity index (χ2n) is 7.60. The minimum atomic E-state index is -0.405. The van der Waals surface area contributed by atoms with Gasteiger partial charge in [-0.2, -0.15) is 5.10 Å². The minimum Gasteiger partial charge on any atom is -0.396 e. The molecule has 0 radical (unpaired) electrons. The van der Waals surface area contributed by atoms with Gasteiger partial charge in [-0.25, -0.2) is 4.52 Å². The van der Waals surface area contributed by atoms with Gasteiger partial charge in [-0.05, 0) is 48.6 Å². The zero-order chi connectivity index (χ0) is 22.0. The summed E-state index contributed by atoms with van der Waals surface area (Å²) in [5, 5.41) is 16.6. The number of aliphatic hydroxyl groups is 1. The summed E-state index contributed by atoms with van der Waals surface area (Å²) in [4.78, 5) is 28.3. The molecule has 2 heterocycles. The highest BCUT2D eigenvalue weighted by atomic mass is 16.3. The Morgan fingerprint density at radius 1 is 1.13 bits per heavy atom. The minimum absolute atomic E-state index is 0.0655. The van der Waals surface area contributed by atoms with Gasteiger partial charge in [0.2, 0.25) is 0 Å². The van der Waals surface area contributed by atoms with Crippen molar-refractivity contribution in [3.8, 4) is 11.3 Å². The van der Waals surface area contributed by atoms with Crippen LogP contribution in [0.2, 0.25) is 0 Å². The highest BCUT2D eigenvalue weighted by Gasteiger charge is 2.19. The van der Waals surface area contributed by atoms with Gasteiger partial charge in [0, 0.05) is 12.7 Å². The van der Waals surface area contributed by atoms with E-state index in [1.54, 1.807) is 6.20 Å². The average molecular weight is 416 g/mol. The van der Waals surface area contributed by atoms with Crippen LogP contribution in [0.25, 0.3) is 16.8 Å². The molecular formula is C24H24N4O3. The molecule has 158 valence electrons. The molecule has 4 aromatic rings. The fraction of sp³-hybridized carbons (Fsp3) is 0.208. The smallest absolute Gasteiger partial charge is 0.274 e. The van der Waals surface area contributed by atoms with Gasteiger partial charge in [-0.15, -0.1) is 0 Å². The molecule has 0 saturated carbocycles. The van der Waals surface area contributed by atoms with Crippen molar-refractivity contribution < 1.29 is 9.90 Å². The molecule has 0 fully saturated rings. The summed E-state index contributed by atoms with van der Waals surface area (Å²) in [7, 11) is 0. The zero-order valence-electron chi connectivity index (χ0n) is 17.4. The van der Waals surface area contributed by atoms with Gasteiger partial charge in [0.15, 0.2) is 5.69 Å². The molecular weight excluding hydrogens is 392 g/mol. The molecule has 0 bridgehead atoms. The van der Waals surface area contributed by atoms with Gasteiger partial charge in [-0.1, -0.05) is 42.5 Å². The summed E-state index contributed by atoms with van der Waals surface area (Å²) in [5.41, 5.74) is 4.78. The Labute approximate surface area is 179 Å². The van der Waals surface area contributed by atoms with Crippen LogP contribution in [0.5, 0.6) is 0 Å². The predicted octanol–water partition coefficient (Wildman–Crippen LogP) is 3.16. The van der Waals surface area contributed by atoms with Crippen molar-refractivity contribution in [2.75, 3.05) is 6.61 Å². The van der Waals surface area contributed by atoms with E-state index in [1.165, 1.54) is 16.1 Å². The Balaban J connectivity index is 1.65. The third-order valence-corrected chi connectivity index (χ3v) is 5.44. The number of aromatic amines is 1. The normalized spacial score (nSPS) is 12.1. The van der Waals surface area contributed by atoms with Gasteiger partial charge < -0.3 is 15.4 Å². The fourth-order valence-corrected chi connectivity index (χ4v) is 3.54. The van der Waals surface area contributed by atoms with Crippen LogP contribution in [0.3, 0.4) is 0 Å². The SMILES string of the molecule is Cc1ccc(-c2cn3nc(C(=O)N[C@H](CCO)c4ccccc4)cc3c(=O)[nH]2)cc1C. The number of aromatic nitrogens is 3. The number of H-pyrrole nitrogens is 1. The number of aryl methyl sites for hydroxylation is 2. The Bertz CT molecular complexity index is 1290. The number of rotatable bonds is 6. The second-order valence-corrected chi connectivity index (χ2v) is 7.60. The summed E-state index contributed by atoms with van der Waals surface area (Å²) in [6.07, 6.45) is 2.08. The molecule has 7 heteroatoms. The molecule has 2 aromatic carbocycles. The van der Waals surface area contributed by atoms with Crippen molar-refractivity contribution in [3.63, 3.8) is 0 Å². The number of hydrogen-bond donors (Lipinski definition) is 3. The number of amides is 1. The van der Waals surface area contributed by atoms with Gasteiger partial charge >= 0.3 is 0 Å². The molecule has 0 spiro atoms. The van der Waals surface area contributed by atoms with Gasteiger partial charge in [0.1, 0.15) is 5.52 Å². The molecule has 0 aliphatic carbocycles. The first-order valence-electron chi connectivity index (χ1n) is 10.1. The number of fused-ring (bicyclic) bond motifs is 1. The Morgan fingerprint density at radius 2 is 1.90 bits per heavy atom. The molecule has 1 amide bonds. The number of nitrogens with one attached hydrogen (secondary N) is 2. The number of carbonyl (C=O) groups excluding carboxylic acids is 1. The van der Waals surface area contributed by atoms with E-state index in [1.807, 2.05) is 62.4 Å². The average Bonchev–Trinajstić information content (AvgIpc) is 3.21. The lowest BCUT2D eigenvalue weighted by molar-refractivity contribution is 0.0924. The van der Waals surface area contributed by atoms with E-state index in [0.29, 0.717) is 12.1 Å². The lowest BCUT2D eigenvalue weighted by Crippen LogP contribution is -2.29. The standard InChI is InChI=1S/C24H24N4O3/c1-15-8-9-18(12-16(15)2)21-14-28-22(24(31)26-21)13-20(27-28)23(30)25-19(10-11-29)17-6-4-3-5-7-17/h3-9,12-14,19,29H,10-11H2,1-2H3,(H,25,30)(H,26,31)/t19-/m1/s1. The summed E-state index contributed by atoms with van der Waals surface area (Å²) < 4.78 is 1.43. The van der Waals surface area contributed by atoms with Crippen LogP contribution in [0.15, 0.2) is 65.6 Å². The Kier molecular flexibility index (Phi) is 5.68. The highest BCUT2D eigenvalue weighted by molar-refractivity contribution is 5.93. The molecule has 4 rings (SSSR count). The molecule has 1 atom stereocenters. The second kappa shape index (κ2) is 8.57. The van der Waals surface area contributed by atoms with Crippen LogP contribution >= 0.6 is 0 Å². The Morgan fingerprint density at radius 3 is 2.61 bits per heavy atom. The van der Waals surface area contributed by atoms with Crippen LogP contribution in [0, 0.1) is 13.8 Å². The van der Waals surface area contributed by atoms with Gasteiger partial charge in [0.05, 0.1) is 17.9 Å². The lowest BCUT2D eigenvalue weighted by Gasteiger charge is -2.17. The number of hydrogen-bond acceptors (Lipinski definition) is 4. The van der Waals surface area contributed by atoms with Crippen molar-refractivity contribution in [1.82, 2.24) is 19.9 Å². The maximum Gasteiger partial charge on any atom is 0.274 e. The predicted molar refractivity (Wildman–Crippen MR) is 119 cm³/mol. The molecule has 2 aromatic heterocycles. The summed E-state index contributed by atoms with van der Waals surface area (Å²) in [6.45, 7) is 3.98. The number of aliphatic hydroxyl groups excluding tert-OH is 1. The molecule has 0 aliphatic heterocycles. The first kappa shape index (κ1) is 20.6. The summed E-state index contributed by atoms with van der Waals surface area (Å²) >= 11 is 0. The van der Waals surface area contributed by atoms with Crippen molar-refractivity contribution in [1.29, 1.82) is 0 Å². The van der Waals surface area contributed by atoms with Crippen molar-refractivity contribution in [2.24, 2.45) is 0 Å². The van der Waals surface area contributed by atoms with E-state index >= 15 is 0 Å². The zero-order valence-corrected chi connectivity index (χ0v) is 17.4. The fourth-order valence-electron chi connectivity index (χ4n) is 3.54. The molecule has 3 N–H and O–H groups in total. The maximum atomic E-state index is 12.8. The topological polar surface area (TPSA) is 99.5 Å². The molecule has 31 heavy (non-hydrogen) atoms. The van der Waals surface area contributed by atoms with Crippen LogP contribution in [-0.4, -0.2) is 32.2 Å². The van der Waals surface area contributed by atoms with Gasteiger partial charge in [-0.3, -0.25) is 9.59 Å². The molecule has 0 aliphatic rings. The molecule has 0 saturated heterocycles. The van der Waals surface area contributed by atoms with Crippen molar-refractivity contribution >= 4 is 11.4 Å². The van der Waals surface area contributed by atoms with Crippen LogP contribution in [0.1, 0.15) is 39.6 Å². The Hall–Kier alpha value is -3.71. The monoisotopic (exact) mass is 416 g/mol. The quantitative estimate of drug-likeness (QED) is 0.450. The van der Waals surface area contributed by atoms with Gasteiger partial charge in [0.25, 0.3) is 11.5 Å². The summed E-state index contributed by atoms with van der Waals surface area (Å²) in [5.74, 6) is -0.405. The summed E-state index contributed by atoms with van der Waals surface area (Å²) in [6, 6.07) is 16.5. The van der Waals surface area contributed by atoms with Crippen molar-refractivity contribution in [2.45, 2.75) is 26.3 Å². The number of benzene rings is 2. The van der Waals surface area contributed by atoms with Crippen LogP contribution < -0.4 is 10.9 Å². The van der Waals surface area contributed by atoms with Crippen LogP contribution in [0.4, 0.5) is 0 Å². The lowest BCUT2D eigenvalue weighted by atomic mass is 10.0. The van der Waals surface area contributed by atoms with E-state index < -0.39 is 5.91 Å². The van der Waals surface area contributed by atoms with E-state index in [2.05, 4.69) is 15.4 Å². The van der Waals surface area contributed by atoms with E-state index in [0.717, 1.165) is 16.7 Å². The molecule has 0 unspecified atom stereocenters. The number of nitrogens with zero attached hydrogens (tertiary/aromatic N) is 2. The first-order valence-corrected chi connectivity index (χ1v) is 10.1. The maximum absolute atomic E-state index is 12.8. The van der Waals surface area contributed by atoms with E-state index in [4.69, 9.17) is 0 Å². The number of carbonyl (C=O) groups is 1. The first-order chi connectivity index (χ1) is 15.0. The largest absolute Gasteiger partial charge is 0.396 e. The molecule has 7 nitrogen and oxygen atoms in total.